The van der Waals surface area contributed by atoms with Gasteiger partial charge in [0.05, 0.1) is 12.6 Å². The van der Waals surface area contributed by atoms with Crippen molar-refractivity contribution in [2.45, 2.75) is 45.3 Å². The Bertz CT molecular complexity index is 605. The standard InChI is InChI=1S/C17H23N3O2/c1-3-20(10-15(21)13-6-4-12(2)5-7-13)11-16-18-17(19-22-16)14-8-9-14/h4-7,14-15,21H,3,8-11H2,1-2H3. The fourth-order valence-corrected chi connectivity index (χ4v) is 2.47. The first-order valence-electron chi connectivity index (χ1n) is 7.95. The number of aliphatic hydroxyl groups excluding tert-OH is 1. The molecule has 0 aliphatic heterocycles. The van der Waals surface area contributed by atoms with Gasteiger partial charge in [0.2, 0.25) is 5.89 Å². The number of aliphatic hydroxyl groups is 1. The van der Waals surface area contributed by atoms with Gasteiger partial charge in [0.1, 0.15) is 0 Å². The first kappa shape index (κ1) is 15.2. The van der Waals surface area contributed by atoms with Crippen molar-refractivity contribution in [1.82, 2.24) is 15.0 Å². The van der Waals surface area contributed by atoms with E-state index in [0.29, 0.717) is 24.9 Å². The number of hydrogen-bond donors (Lipinski definition) is 1. The predicted molar refractivity (Wildman–Crippen MR) is 83.4 cm³/mol. The van der Waals surface area contributed by atoms with Crippen molar-refractivity contribution in [1.29, 1.82) is 0 Å². The normalized spacial score (nSPS) is 16.2. The van der Waals surface area contributed by atoms with Crippen LogP contribution >= 0.6 is 0 Å². The van der Waals surface area contributed by atoms with E-state index >= 15 is 0 Å². The predicted octanol–water partition coefficient (Wildman–Crippen LogP) is 2.81. The van der Waals surface area contributed by atoms with Crippen molar-refractivity contribution in [2.75, 3.05) is 13.1 Å². The van der Waals surface area contributed by atoms with Crippen LogP contribution in [-0.2, 0) is 6.54 Å². The average molecular weight is 301 g/mol. The van der Waals surface area contributed by atoms with E-state index in [1.807, 2.05) is 31.2 Å². The number of rotatable bonds is 7. The van der Waals surface area contributed by atoms with Crippen LogP contribution in [0.2, 0.25) is 0 Å². The largest absolute Gasteiger partial charge is 0.387 e. The maximum atomic E-state index is 10.4. The number of hydrogen-bond acceptors (Lipinski definition) is 5. The summed E-state index contributed by atoms with van der Waals surface area (Å²) in [5.41, 5.74) is 2.13. The Morgan fingerprint density at radius 1 is 1.32 bits per heavy atom. The minimum absolute atomic E-state index is 0.505. The zero-order valence-corrected chi connectivity index (χ0v) is 13.2. The van der Waals surface area contributed by atoms with Gasteiger partial charge >= 0.3 is 0 Å². The second kappa shape index (κ2) is 6.58. The Kier molecular flexibility index (Phi) is 4.55. The highest BCUT2D eigenvalue weighted by molar-refractivity contribution is 5.23. The first-order valence-corrected chi connectivity index (χ1v) is 7.95. The Balaban J connectivity index is 1.59. The molecule has 1 aromatic carbocycles. The van der Waals surface area contributed by atoms with Crippen molar-refractivity contribution in [2.24, 2.45) is 0 Å². The molecule has 0 spiro atoms. The van der Waals surface area contributed by atoms with Gasteiger partial charge in [-0.1, -0.05) is 41.9 Å². The zero-order valence-electron chi connectivity index (χ0n) is 13.2. The minimum atomic E-state index is -0.508. The van der Waals surface area contributed by atoms with E-state index in [4.69, 9.17) is 4.52 Å². The van der Waals surface area contributed by atoms with E-state index in [-0.39, 0.29) is 0 Å². The third-order valence-electron chi connectivity index (χ3n) is 4.13. The highest BCUT2D eigenvalue weighted by atomic mass is 16.5. The van der Waals surface area contributed by atoms with E-state index in [9.17, 15) is 5.11 Å². The van der Waals surface area contributed by atoms with E-state index < -0.39 is 6.10 Å². The quantitative estimate of drug-likeness (QED) is 0.852. The summed E-state index contributed by atoms with van der Waals surface area (Å²) in [7, 11) is 0. The summed E-state index contributed by atoms with van der Waals surface area (Å²) < 4.78 is 5.32. The van der Waals surface area contributed by atoms with Crippen LogP contribution in [0.3, 0.4) is 0 Å². The Morgan fingerprint density at radius 3 is 2.68 bits per heavy atom. The third kappa shape index (κ3) is 3.72. The second-order valence-corrected chi connectivity index (χ2v) is 6.07. The lowest BCUT2D eigenvalue weighted by atomic mass is 10.1. The van der Waals surface area contributed by atoms with Crippen molar-refractivity contribution in [3.63, 3.8) is 0 Å². The molecule has 1 fully saturated rings. The maximum Gasteiger partial charge on any atom is 0.240 e. The molecule has 1 aromatic heterocycles. The van der Waals surface area contributed by atoms with Gasteiger partial charge in [-0.3, -0.25) is 4.90 Å². The molecule has 118 valence electrons. The van der Waals surface area contributed by atoms with Gasteiger partial charge < -0.3 is 9.63 Å². The molecule has 0 radical (unpaired) electrons. The molecule has 3 rings (SSSR count). The molecule has 0 amide bonds. The maximum absolute atomic E-state index is 10.4. The van der Waals surface area contributed by atoms with Gasteiger partial charge in [-0.15, -0.1) is 0 Å². The van der Waals surface area contributed by atoms with Crippen molar-refractivity contribution >= 4 is 0 Å². The summed E-state index contributed by atoms with van der Waals surface area (Å²) in [5, 5.41) is 14.4. The summed E-state index contributed by atoms with van der Waals surface area (Å²) in [5.74, 6) is 1.98. The highest BCUT2D eigenvalue weighted by Crippen LogP contribution is 2.38. The molecule has 1 aliphatic rings. The van der Waals surface area contributed by atoms with Crippen LogP contribution in [0.5, 0.6) is 0 Å². The van der Waals surface area contributed by atoms with Crippen LogP contribution in [0.1, 0.15) is 54.6 Å². The zero-order chi connectivity index (χ0) is 15.5. The molecule has 0 bridgehead atoms. The molecule has 1 atom stereocenters. The number of aromatic nitrogens is 2. The topological polar surface area (TPSA) is 62.4 Å². The van der Waals surface area contributed by atoms with Gasteiger partial charge in [0.25, 0.3) is 0 Å². The van der Waals surface area contributed by atoms with Crippen molar-refractivity contribution in [3.05, 3.63) is 47.1 Å². The summed E-state index contributed by atoms with van der Waals surface area (Å²) in [4.78, 5) is 6.57. The molecule has 1 saturated carbocycles. The van der Waals surface area contributed by atoms with Crippen molar-refractivity contribution in [3.8, 4) is 0 Å². The molecule has 1 heterocycles. The van der Waals surface area contributed by atoms with Crippen LogP contribution in [0, 0.1) is 6.92 Å². The Morgan fingerprint density at radius 2 is 2.05 bits per heavy atom. The van der Waals surface area contributed by atoms with Gasteiger partial charge in [-0.2, -0.15) is 4.98 Å². The SMILES string of the molecule is CCN(Cc1nc(C2CC2)no1)CC(O)c1ccc(C)cc1. The number of aryl methyl sites for hydroxylation is 1. The number of nitrogens with zero attached hydrogens (tertiary/aromatic N) is 3. The van der Waals surface area contributed by atoms with Crippen LogP contribution in [-0.4, -0.2) is 33.2 Å². The monoisotopic (exact) mass is 301 g/mol. The summed E-state index contributed by atoms with van der Waals surface area (Å²) >= 11 is 0. The van der Waals surface area contributed by atoms with Gasteiger partial charge in [0.15, 0.2) is 5.82 Å². The van der Waals surface area contributed by atoms with Crippen LogP contribution in [0.4, 0.5) is 0 Å². The fourth-order valence-electron chi connectivity index (χ4n) is 2.47. The summed E-state index contributed by atoms with van der Waals surface area (Å²) in [6, 6.07) is 8.00. The van der Waals surface area contributed by atoms with E-state index in [1.165, 1.54) is 18.4 Å². The molecule has 1 N–H and O–H groups in total. The fraction of sp³-hybridized carbons (Fsp3) is 0.529. The highest BCUT2D eigenvalue weighted by Gasteiger charge is 2.29. The lowest BCUT2D eigenvalue weighted by molar-refractivity contribution is 0.105. The van der Waals surface area contributed by atoms with Crippen LogP contribution in [0.25, 0.3) is 0 Å². The van der Waals surface area contributed by atoms with Gasteiger partial charge in [-0.25, -0.2) is 0 Å². The third-order valence-corrected chi connectivity index (χ3v) is 4.13. The van der Waals surface area contributed by atoms with E-state index in [2.05, 4.69) is 22.0 Å². The molecule has 5 heteroatoms. The molecule has 2 aromatic rings. The Hall–Kier alpha value is -1.72. The summed E-state index contributed by atoms with van der Waals surface area (Å²) in [6.07, 6.45) is 1.83. The molecule has 1 unspecified atom stereocenters. The van der Waals surface area contributed by atoms with Crippen LogP contribution < -0.4 is 0 Å². The molecule has 0 saturated heterocycles. The van der Waals surface area contributed by atoms with E-state index in [0.717, 1.165) is 17.9 Å². The Labute approximate surface area is 131 Å². The molecule has 1 aliphatic carbocycles. The molecular formula is C17H23N3O2. The van der Waals surface area contributed by atoms with Gasteiger partial charge in [-0.05, 0) is 31.9 Å². The minimum Gasteiger partial charge on any atom is -0.387 e. The molecule has 22 heavy (non-hydrogen) atoms. The first-order chi connectivity index (χ1) is 10.7. The second-order valence-electron chi connectivity index (χ2n) is 6.07. The van der Waals surface area contributed by atoms with Crippen LogP contribution in [0.15, 0.2) is 28.8 Å². The lowest BCUT2D eigenvalue weighted by Gasteiger charge is -2.22. The van der Waals surface area contributed by atoms with E-state index in [1.54, 1.807) is 0 Å². The molecule has 5 nitrogen and oxygen atoms in total. The van der Waals surface area contributed by atoms with Crippen molar-refractivity contribution < 1.29 is 9.63 Å². The smallest absolute Gasteiger partial charge is 0.240 e. The number of likely N-dealkylation sites (N-methyl/N-ethyl adjacent to an activating group) is 1. The summed E-state index contributed by atoms with van der Waals surface area (Å²) in [6.45, 7) is 6.07. The lowest BCUT2D eigenvalue weighted by Crippen LogP contribution is -2.28. The molecular weight excluding hydrogens is 278 g/mol. The number of benzene rings is 1. The van der Waals surface area contributed by atoms with Gasteiger partial charge in [0, 0.05) is 12.5 Å². The average Bonchev–Trinajstić information content (AvgIpc) is 3.27.